The first-order valence-electron chi connectivity index (χ1n) is 6.44. The first kappa shape index (κ1) is 14.6. The second-order valence-corrected chi connectivity index (χ2v) is 4.53. The predicted octanol–water partition coefficient (Wildman–Crippen LogP) is 1.91. The molecule has 0 unspecified atom stereocenters. The highest BCUT2D eigenvalue weighted by Gasteiger charge is 2.19. The summed E-state index contributed by atoms with van der Waals surface area (Å²) in [4.78, 5) is 32.5. The lowest BCUT2D eigenvalue weighted by molar-refractivity contribution is -0.136. The van der Waals surface area contributed by atoms with Gasteiger partial charge in [0.1, 0.15) is 5.69 Å². The highest BCUT2D eigenvalue weighted by Crippen LogP contribution is 2.17. The van der Waals surface area contributed by atoms with Gasteiger partial charge in [-0.1, -0.05) is 17.7 Å². The SMILES string of the molecule is Cc1ccc(N(CCC(=O)O)C(=O)c2cnccn2)cc1. The number of anilines is 1. The molecule has 0 atom stereocenters. The van der Waals surface area contributed by atoms with Crippen LogP contribution in [0.1, 0.15) is 22.5 Å². The summed E-state index contributed by atoms with van der Waals surface area (Å²) in [5.41, 5.74) is 1.88. The summed E-state index contributed by atoms with van der Waals surface area (Å²) in [5.74, 6) is -1.33. The van der Waals surface area contributed by atoms with Gasteiger partial charge in [0.15, 0.2) is 0 Å². The molecule has 0 bridgehead atoms. The minimum atomic E-state index is -0.959. The molecule has 0 saturated heterocycles. The van der Waals surface area contributed by atoms with Crippen molar-refractivity contribution in [3.63, 3.8) is 0 Å². The van der Waals surface area contributed by atoms with Crippen molar-refractivity contribution in [1.29, 1.82) is 0 Å². The van der Waals surface area contributed by atoms with Crippen LogP contribution in [-0.2, 0) is 4.79 Å². The summed E-state index contributed by atoms with van der Waals surface area (Å²) in [7, 11) is 0. The molecule has 0 radical (unpaired) electrons. The fraction of sp³-hybridized carbons (Fsp3) is 0.200. The van der Waals surface area contributed by atoms with Crippen LogP contribution in [0.25, 0.3) is 0 Å². The van der Waals surface area contributed by atoms with Crippen LogP contribution >= 0.6 is 0 Å². The van der Waals surface area contributed by atoms with Gasteiger partial charge < -0.3 is 10.0 Å². The Kier molecular flexibility index (Phi) is 4.61. The van der Waals surface area contributed by atoms with E-state index in [1.54, 1.807) is 12.1 Å². The van der Waals surface area contributed by atoms with Crippen molar-refractivity contribution in [1.82, 2.24) is 9.97 Å². The summed E-state index contributed by atoms with van der Waals surface area (Å²) in [6, 6.07) is 7.30. The summed E-state index contributed by atoms with van der Waals surface area (Å²) in [6.07, 6.45) is 4.13. The van der Waals surface area contributed by atoms with Crippen molar-refractivity contribution >= 4 is 17.6 Å². The summed E-state index contributed by atoms with van der Waals surface area (Å²) in [6.45, 7) is 2.02. The van der Waals surface area contributed by atoms with Gasteiger partial charge in [-0.25, -0.2) is 4.98 Å². The second kappa shape index (κ2) is 6.60. The van der Waals surface area contributed by atoms with Crippen LogP contribution in [0.2, 0.25) is 0 Å². The summed E-state index contributed by atoms with van der Waals surface area (Å²) >= 11 is 0. The Hall–Kier alpha value is -2.76. The van der Waals surface area contributed by atoms with Gasteiger partial charge in [0.25, 0.3) is 5.91 Å². The zero-order chi connectivity index (χ0) is 15.2. The van der Waals surface area contributed by atoms with E-state index in [-0.39, 0.29) is 24.6 Å². The van der Waals surface area contributed by atoms with Gasteiger partial charge >= 0.3 is 5.97 Å². The highest BCUT2D eigenvalue weighted by atomic mass is 16.4. The lowest BCUT2D eigenvalue weighted by atomic mass is 10.2. The molecule has 2 aromatic rings. The Morgan fingerprint density at radius 1 is 1.19 bits per heavy atom. The number of aryl methyl sites for hydroxylation is 1. The summed E-state index contributed by atoms with van der Waals surface area (Å²) < 4.78 is 0. The average molecular weight is 285 g/mol. The number of carbonyl (C=O) groups is 2. The Labute approximate surface area is 122 Å². The molecule has 1 aromatic heterocycles. The van der Waals surface area contributed by atoms with E-state index in [2.05, 4.69) is 9.97 Å². The Morgan fingerprint density at radius 3 is 2.48 bits per heavy atom. The highest BCUT2D eigenvalue weighted by molar-refractivity contribution is 6.04. The second-order valence-electron chi connectivity index (χ2n) is 4.53. The molecule has 6 heteroatoms. The maximum absolute atomic E-state index is 12.5. The first-order valence-corrected chi connectivity index (χ1v) is 6.44. The molecular formula is C15H15N3O3. The molecule has 0 saturated carbocycles. The van der Waals surface area contributed by atoms with Crippen LogP contribution in [0.4, 0.5) is 5.69 Å². The molecule has 1 heterocycles. The molecule has 1 N–H and O–H groups in total. The quantitative estimate of drug-likeness (QED) is 0.907. The first-order chi connectivity index (χ1) is 10.1. The molecule has 6 nitrogen and oxygen atoms in total. The van der Waals surface area contributed by atoms with E-state index in [4.69, 9.17) is 5.11 Å². The number of carbonyl (C=O) groups excluding carboxylic acids is 1. The van der Waals surface area contributed by atoms with Gasteiger partial charge in [0.05, 0.1) is 12.6 Å². The number of carboxylic acids is 1. The molecule has 0 spiro atoms. The number of benzene rings is 1. The van der Waals surface area contributed by atoms with Crippen molar-refractivity contribution in [2.75, 3.05) is 11.4 Å². The van der Waals surface area contributed by atoms with E-state index in [0.29, 0.717) is 5.69 Å². The predicted molar refractivity (Wildman–Crippen MR) is 77.1 cm³/mol. The van der Waals surface area contributed by atoms with Gasteiger partial charge in [0.2, 0.25) is 0 Å². The molecule has 1 aromatic carbocycles. The van der Waals surface area contributed by atoms with Gasteiger partial charge in [-0.2, -0.15) is 0 Å². The zero-order valence-corrected chi connectivity index (χ0v) is 11.6. The minimum absolute atomic E-state index is 0.0772. The van der Waals surface area contributed by atoms with E-state index in [9.17, 15) is 9.59 Å². The van der Waals surface area contributed by atoms with Crippen LogP contribution < -0.4 is 4.90 Å². The number of amides is 1. The van der Waals surface area contributed by atoms with Crippen LogP contribution in [-0.4, -0.2) is 33.5 Å². The number of rotatable bonds is 5. The van der Waals surface area contributed by atoms with E-state index in [0.717, 1.165) is 5.56 Å². The molecule has 0 fully saturated rings. The molecule has 0 aliphatic heterocycles. The largest absolute Gasteiger partial charge is 0.481 e. The zero-order valence-electron chi connectivity index (χ0n) is 11.6. The fourth-order valence-electron chi connectivity index (χ4n) is 1.83. The Bertz CT molecular complexity index is 626. The van der Waals surface area contributed by atoms with E-state index < -0.39 is 5.97 Å². The third kappa shape index (κ3) is 3.85. The van der Waals surface area contributed by atoms with Crippen molar-refractivity contribution in [3.8, 4) is 0 Å². The maximum Gasteiger partial charge on any atom is 0.305 e. The molecule has 108 valence electrons. The maximum atomic E-state index is 12.5. The number of aromatic nitrogens is 2. The minimum Gasteiger partial charge on any atom is -0.481 e. The molecule has 0 aliphatic carbocycles. The summed E-state index contributed by atoms with van der Waals surface area (Å²) in [5, 5.41) is 8.84. The number of hydrogen-bond acceptors (Lipinski definition) is 4. The average Bonchev–Trinajstić information content (AvgIpc) is 2.49. The van der Waals surface area contributed by atoms with Crippen LogP contribution in [0.3, 0.4) is 0 Å². The normalized spacial score (nSPS) is 10.1. The molecule has 2 rings (SSSR count). The van der Waals surface area contributed by atoms with Gasteiger partial charge in [0, 0.05) is 24.6 Å². The fourth-order valence-corrected chi connectivity index (χ4v) is 1.83. The standard InChI is InChI=1S/C15H15N3O3/c1-11-2-4-12(5-3-11)18(9-6-14(19)20)15(21)13-10-16-7-8-17-13/h2-5,7-8,10H,6,9H2,1H3,(H,19,20). The molecular weight excluding hydrogens is 270 g/mol. The molecule has 1 amide bonds. The lowest BCUT2D eigenvalue weighted by Gasteiger charge is -2.21. The number of carboxylic acid groups (broad SMARTS) is 1. The third-order valence-corrected chi connectivity index (χ3v) is 2.92. The van der Waals surface area contributed by atoms with E-state index >= 15 is 0 Å². The van der Waals surface area contributed by atoms with Gasteiger partial charge in [-0.3, -0.25) is 14.6 Å². The van der Waals surface area contributed by atoms with Crippen molar-refractivity contribution in [2.45, 2.75) is 13.3 Å². The monoisotopic (exact) mass is 285 g/mol. The topological polar surface area (TPSA) is 83.4 Å². The third-order valence-electron chi connectivity index (χ3n) is 2.92. The molecule has 0 aliphatic rings. The van der Waals surface area contributed by atoms with E-state index in [1.807, 2.05) is 19.1 Å². The van der Waals surface area contributed by atoms with Crippen molar-refractivity contribution < 1.29 is 14.7 Å². The number of hydrogen-bond donors (Lipinski definition) is 1. The Balaban J connectivity index is 2.29. The van der Waals surface area contributed by atoms with Crippen LogP contribution in [0, 0.1) is 6.92 Å². The van der Waals surface area contributed by atoms with E-state index in [1.165, 1.54) is 23.5 Å². The van der Waals surface area contributed by atoms with Gasteiger partial charge in [-0.15, -0.1) is 0 Å². The van der Waals surface area contributed by atoms with Gasteiger partial charge in [-0.05, 0) is 19.1 Å². The smallest absolute Gasteiger partial charge is 0.305 e. The lowest BCUT2D eigenvalue weighted by Crippen LogP contribution is -2.33. The van der Waals surface area contributed by atoms with Crippen molar-refractivity contribution in [3.05, 3.63) is 54.1 Å². The number of aliphatic carboxylic acids is 1. The van der Waals surface area contributed by atoms with Crippen LogP contribution in [0.15, 0.2) is 42.9 Å². The van der Waals surface area contributed by atoms with Crippen molar-refractivity contribution in [2.24, 2.45) is 0 Å². The molecule has 21 heavy (non-hydrogen) atoms. The van der Waals surface area contributed by atoms with Crippen LogP contribution in [0.5, 0.6) is 0 Å². The number of nitrogens with zero attached hydrogens (tertiary/aromatic N) is 3. The Morgan fingerprint density at radius 2 is 1.90 bits per heavy atom.